The first-order valence-electron chi connectivity index (χ1n) is 4.01. The fourth-order valence-corrected chi connectivity index (χ4v) is 0.952. The SMILES string of the molecule is CCOC(=O)c1ccncc1C(=O)O. The highest BCUT2D eigenvalue weighted by Crippen LogP contribution is 2.08. The average Bonchev–Trinajstić information content (AvgIpc) is 2.18. The molecule has 74 valence electrons. The van der Waals surface area contributed by atoms with E-state index < -0.39 is 11.9 Å². The van der Waals surface area contributed by atoms with E-state index in [-0.39, 0.29) is 17.7 Å². The van der Waals surface area contributed by atoms with E-state index in [0.29, 0.717) is 0 Å². The molecule has 0 fully saturated rings. The Bertz CT molecular complexity index is 362. The highest BCUT2D eigenvalue weighted by Gasteiger charge is 2.16. The normalized spacial score (nSPS) is 9.50. The van der Waals surface area contributed by atoms with Crippen molar-refractivity contribution < 1.29 is 19.4 Å². The lowest BCUT2D eigenvalue weighted by Crippen LogP contribution is -2.11. The molecule has 5 heteroatoms. The van der Waals surface area contributed by atoms with Gasteiger partial charge in [0.2, 0.25) is 0 Å². The van der Waals surface area contributed by atoms with Crippen LogP contribution in [-0.2, 0) is 4.74 Å². The summed E-state index contributed by atoms with van der Waals surface area (Å²) in [6.07, 6.45) is 2.47. The number of nitrogens with zero attached hydrogens (tertiary/aromatic N) is 1. The van der Waals surface area contributed by atoms with Crippen molar-refractivity contribution >= 4 is 11.9 Å². The number of carbonyl (C=O) groups excluding carboxylic acids is 1. The van der Waals surface area contributed by atoms with Gasteiger partial charge in [-0.2, -0.15) is 0 Å². The molecule has 1 aromatic rings. The molecule has 5 nitrogen and oxygen atoms in total. The summed E-state index contributed by atoms with van der Waals surface area (Å²) >= 11 is 0. The number of rotatable bonds is 3. The molecule has 0 saturated carbocycles. The van der Waals surface area contributed by atoms with Crippen molar-refractivity contribution in [3.05, 3.63) is 29.6 Å². The third-order valence-electron chi connectivity index (χ3n) is 1.55. The molecule has 1 rings (SSSR count). The van der Waals surface area contributed by atoms with Crippen molar-refractivity contribution in [1.29, 1.82) is 0 Å². The molecule has 0 saturated heterocycles. The Morgan fingerprint density at radius 1 is 1.50 bits per heavy atom. The second kappa shape index (κ2) is 4.36. The van der Waals surface area contributed by atoms with Crippen LogP contribution < -0.4 is 0 Å². The zero-order valence-corrected chi connectivity index (χ0v) is 7.56. The fraction of sp³-hybridized carbons (Fsp3) is 0.222. The minimum absolute atomic E-state index is 0.0225. The van der Waals surface area contributed by atoms with Crippen LogP contribution in [0.25, 0.3) is 0 Å². The Morgan fingerprint density at radius 3 is 2.79 bits per heavy atom. The van der Waals surface area contributed by atoms with Gasteiger partial charge in [-0.3, -0.25) is 4.98 Å². The van der Waals surface area contributed by atoms with Crippen molar-refractivity contribution in [3.8, 4) is 0 Å². The maximum absolute atomic E-state index is 11.3. The highest BCUT2D eigenvalue weighted by molar-refractivity contribution is 6.02. The number of aromatic nitrogens is 1. The predicted molar refractivity (Wildman–Crippen MR) is 47.2 cm³/mol. The van der Waals surface area contributed by atoms with E-state index in [0.717, 1.165) is 6.20 Å². The van der Waals surface area contributed by atoms with Gasteiger partial charge in [0, 0.05) is 12.4 Å². The van der Waals surface area contributed by atoms with Gasteiger partial charge < -0.3 is 9.84 Å². The van der Waals surface area contributed by atoms with Gasteiger partial charge in [-0.15, -0.1) is 0 Å². The van der Waals surface area contributed by atoms with Gasteiger partial charge in [-0.25, -0.2) is 9.59 Å². The van der Waals surface area contributed by atoms with Crippen LogP contribution in [0.15, 0.2) is 18.5 Å². The van der Waals surface area contributed by atoms with Crippen molar-refractivity contribution in [3.63, 3.8) is 0 Å². The monoisotopic (exact) mass is 195 g/mol. The molecule has 0 amide bonds. The van der Waals surface area contributed by atoms with Gasteiger partial charge in [0.1, 0.15) is 0 Å². The number of esters is 1. The van der Waals surface area contributed by atoms with E-state index >= 15 is 0 Å². The largest absolute Gasteiger partial charge is 0.478 e. The Hall–Kier alpha value is -1.91. The van der Waals surface area contributed by atoms with E-state index in [1.807, 2.05) is 0 Å². The average molecular weight is 195 g/mol. The lowest BCUT2D eigenvalue weighted by atomic mass is 10.1. The summed E-state index contributed by atoms with van der Waals surface area (Å²) in [6, 6.07) is 1.32. The second-order valence-corrected chi connectivity index (χ2v) is 2.45. The van der Waals surface area contributed by atoms with Gasteiger partial charge >= 0.3 is 11.9 Å². The van der Waals surface area contributed by atoms with E-state index in [1.54, 1.807) is 6.92 Å². The van der Waals surface area contributed by atoms with Crippen LogP contribution in [0.5, 0.6) is 0 Å². The molecule has 0 atom stereocenters. The summed E-state index contributed by atoms with van der Waals surface area (Å²) in [7, 11) is 0. The van der Waals surface area contributed by atoms with Crippen molar-refractivity contribution in [2.45, 2.75) is 6.92 Å². The summed E-state index contributed by atoms with van der Waals surface area (Å²) in [6.45, 7) is 1.86. The maximum atomic E-state index is 11.3. The smallest absolute Gasteiger partial charge is 0.339 e. The van der Waals surface area contributed by atoms with Gasteiger partial charge in [0.25, 0.3) is 0 Å². The van der Waals surface area contributed by atoms with Crippen LogP contribution in [-0.4, -0.2) is 28.6 Å². The number of ether oxygens (including phenoxy) is 1. The number of carboxylic acid groups (broad SMARTS) is 1. The molecule has 0 aromatic carbocycles. The minimum Gasteiger partial charge on any atom is -0.478 e. The van der Waals surface area contributed by atoms with Gasteiger partial charge in [-0.1, -0.05) is 0 Å². The number of carboxylic acids is 1. The molecular weight excluding hydrogens is 186 g/mol. The van der Waals surface area contributed by atoms with Gasteiger partial charge in [-0.05, 0) is 13.0 Å². The Kier molecular flexibility index (Phi) is 3.17. The minimum atomic E-state index is -1.19. The summed E-state index contributed by atoms with van der Waals surface area (Å²) in [5.41, 5.74) is -0.125. The molecule has 0 bridgehead atoms. The van der Waals surface area contributed by atoms with Crippen LogP contribution in [0.3, 0.4) is 0 Å². The molecule has 0 aliphatic carbocycles. The lowest BCUT2D eigenvalue weighted by molar-refractivity contribution is 0.0514. The third kappa shape index (κ3) is 2.07. The predicted octanol–water partition coefficient (Wildman–Crippen LogP) is 0.956. The first kappa shape index (κ1) is 10.2. The summed E-state index contributed by atoms with van der Waals surface area (Å²) in [5, 5.41) is 8.73. The topological polar surface area (TPSA) is 76.5 Å². The van der Waals surface area contributed by atoms with E-state index in [2.05, 4.69) is 9.72 Å². The highest BCUT2D eigenvalue weighted by atomic mass is 16.5. The van der Waals surface area contributed by atoms with Crippen molar-refractivity contribution in [2.24, 2.45) is 0 Å². The molecule has 0 aliphatic rings. The number of hydrogen-bond donors (Lipinski definition) is 1. The molecule has 0 aliphatic heterocycles. The maximum Gasteiger partial charge on any atom is 0.339 e. The quantitative estimate of drug-likeness (QED) is 0.727. The number of carbonyl (C=O) groups is 2. The number of hydrogen-bond acceptors (Lipinski definition) is 4. The first-order valence-corrected chi connectivity index (χ1v) is 4.01. The number of pyridine rings is 1. The summed E-state index contributed by atoms with van der Waals surface area (Å²) < 4.78 is 4.69. The zero-order chi connectivity index (χ0) is 10.6. The van der Waals surface area contributed by atoms with Gasteiger partial charge in [0.15, 0.2) is 0 Å². The Morgan fingerprint density at radius 2 is 2.21 bits per heavy atom. The van der Waals surface area contributed by atoms with Crippen LogP contribution in [0.1, 0.15) is 27.6 Å². The summed E-state index contributed by atoms with van der Waals surface area (Å²) in [5.74, 6) is -1.84. The van der Waals surface area contributed by atoms with Crippen LogP contribution >= 0.6 is 0 Å². The fourth-order valence-electron chi connectivity index (χ4n) is 0.952. The second-order valence-electron chi connectivity index (χ2n) is 2.45. The standard InChI is InChI=1S/C9H9NO4/c1-2-14-9(13)6-3-4-10-5-7(6)8(11)12/h3-5H,2H2,1H3,(H,11,12). The third-order valence-corrected chi connectivity index (χ3v) is 1.55. The molecule has 1 N–H and O–H groups in total. The molecule has 1 aromatic heterocycles. The Labute approximate surface area is 80.3 Å². The van der Waals surface area contributed by atoms with Crippen molar-refractivity contribution in [2.75, 3.05) is 6.61 Å². The lowest BCUT2D eigenvalue weighted by Gasteiger charge is -2.03. The molecule has 0 unspecified atom stereocenters. The molecule has 0 spiro atoms. The molecule has 0 radical (unpaired) electrons. The molecular formula is C9H9NO4. The van der Waals surface area contributed by atoms with Gasteiger partial charge in [0.05, 0.1) is 17.7 Å². The van der Waals surface area contributed by atoms with Crippen LogP contribution in [0, 0.1) is 0 Å². The van der Waals surface area contributed by atoms with E-state index in [4.69, 9.17) is 5.11 Å². The zero-order valence-electron chi connectivity index (χ0n) is 7.56. The molecule has 1 heterocycles. The summed E-state index contributed by atoms with van der Waals surface area (Å²) in [4.78, 5) is 25.6. The van der Waals surface area contributed by atoms with E-state index in [1.165, 1.54) is 12.3 Å². The Balaban J connectivity index is 3.07. The first-order chi connectivity index (χ1) is 6.66. The number of aromatic carboxylic acids is 1. The van der Waals surface area contributed by atoms with Crippen LogP contribution in [0.4, 0.5) is 0 Å². The van der Waals surface area contributed by atoms with Crippen LogP contribution in [0.2, 0.25) is 0 Å². The van der Waals surface area contributed by atoms with E-state index in [9.17, 15) is 9.59 Å². The molecule has 14 heavy (non-hydrogen) atoms. The van der Waals surface area contributed by atoms with Crippen molar-refractivity contribution in [1.82, 2.24) is 4.98 Å².